The topological polar surface area (TPSA) is 100 Å². The van der Waals surface area contributed by atoms with E-state index < -0.39 is 27.8 Å². The summed E-state index contributed by atoms with van der Waals surface area (Å²) in [4.78, 5) is 31.3. The van der Waals surface area contributed by atoms with Crippen molar-refractivity contribution in [3.63, 3.8) is 0 Å². The van der Waals surface area contributed by atoms with Gasteiger partial charge in [0.2, 0.25) is 5.91 Å². The van der Waals surface area contributed by atoms with Crippen LogP contribution in [-0.4, -0.2) is 76.6 Å². The summed E-state index contributed by atoms with van der Waals surface area (Å²) in [5.74, 6) is -0.687. The van der Waals surface area contributed by atoms with Crippen LogP contribution in [0.5, 0.6) is 0 Å². The molecule has 1 aromatic carbocycles. The Morgan fingerprint density at radius 2 is 2.00 bits per heavy atom. The average molecular weight is 481 g/mol. The number of fused-ring (bicyclic) bond motifs is 2. The van der Waals surface area contributed by atoms with Gasteiger partial charge in [-0.15, -0.1) is 11.3 Å². The molecule has 0 unspecified atom stereocenters. The molecule has 32 heavy (non-hydrogen) atoms. The fraction of sp³-hybridized carbons (Fsp3) is 0.571. The Kier molecular flexibility index (Phi) is 6.03. The summed E-state index contributed by atoms with van der Waals surface area (Å²) in [6, 6.07) is 7.18. The van der Waals surface area contributed by atoms with Gasteiger partial charge in [0, 0.05) is 20.0 Å². The van der Waals surface area contributed by atoms with E-state index in [0.29, 0.717) is 19.5 Å². The minimum absolute atomic E-state index is 0.0750. The number of benzene rings is 1. The molecular formula is C21H28N4O5S2. The first-order chi connectivity index (χ1) is 15.0. The molecule has 0 bridgehead atoms. The van der Waals surface area contributed by atoms with Crippen molar-refractivity contribution in [3.8, 4) is 0 Å². The summed E-state index contributed by atoms with van der Waals surface area (Å²) in [5.41, 5.74) is 0.203. The van der Waals surface area contributed by atoms with Crippen LogP contribution in [0.1, 0.15) is 38.6 Å². The number of carbonyl (C=O) groups is 2. The number of hydrogen-bond donors (Lipinski definition) is 0. The fourth-order valence-electron chi connectivity index (χ4n) is 4.33. The van der Waals surface area contributed by atoms with Gasteiger partial charge in [-0.2, -0.15) is 17.0 Å². The lowest BCUT2D eigenvalue weighted by molar-refractivity contribution is -0.154. The summed E-state index contributed by atoms with van der Waals surface area (Å²) >= 11 is 1.55. The summed E-state index contributed by atoms with van der Waals surface area (Å²) in [6.45, 7) is 5.50. The first-order valence-electron chi connectivity index (χ1n) is 10.5. The Balaban J connectivity index is 1.46. The Morgan fingerprint density at radius 3 is 2.69 bits per heavy atom. The van der Waals surface area contributed by atoms with Gasteiger partial charge in [-0.3, -0.25) is 9.59 Å². The molecule has 0 spiro atoms. The standard InChI is InChI=1S/C21H28N4O5S2/c1-21(2,3)30-20(27)13-23(4)32(28,29)25-10-9-15-16(25)11-19(26)24(15)12-18-22-14-7-5-6-8-17(14)31-18/h5-8,15-16H,9-13H2,1-4H3/t15-,16+/m0/s1. The molecule has 3 heterocycles. The number of thiazole rings is 1. The Labute approximate surface area is 192 Å². The first-order valence-corrected chi connectivity index (χ1v) is 12.8. The van der Waals surface area contributed by atoms with Gasteiger partial charge in [0.25, 0.3) is 10.2 Å². The van der Waals surface area contributed by atoms with Gasteiger partial charge in [0.1, 0.15) is 17.2 Å². The maximum Gasteiger partial charge on any atom is 0.321 e. The molecule has 4 rings (SSSR count). The van der Waals surface area contributed by atoms with E-state index in [0.717, 1.165) is 19.5 Å². The third-order valence-corrected chi connectivity index (χ3v) is 8.65. The second kappa shape index (κ2) is 8.36. The molecule has 2 aliphatic heterocycles. The number of esters is 1. The Bertz CT molecular complexity index is 1110. The molecule has 1 aromatic heterocycles. The number of ether oxygens (including phenoxy) is 1. The highest BCUT2D eigenvalue weighted by Gasteiger charge is 2.51. The second-order valence-corrected chi connectivity index (χ2v) is 12.3. The SMILES string of the molecule is CN(CC(=O)OC(C)(C)C)S(=O)(=O)N1CC[C@H]2[C@H]1CC(=O)N2Cc1nc2ccccc2s1. The van der Waals surface area contributed by atoms with Gasteiger partial charge in [-0.25, -0.2) is 4.98 Å². The summed E-state index contributed by atoms with van der Waals surface area (Å²) in [5, 5.41) is 0.837. The number of nitrogens with zero attached hydrogens (tertiary/aromatic N) is 4. The zero-order valence-electron chi connectivity index (χ0n) is 18.6. The van der Waals surface area contributed by atoms with Crippen LogP contribution in [0.25, 0.3) is 10.2 Å². The highest BCUT2D eigenvalue weighted by molar-refractivity contribution is 7.86. The van der Waals surface area contributed by atoms with E-state index in [1.807, 2.05) is 24.3 Å². The van der Waals surface area contributed by atoms with Crippen molar-refractivity contribution in [1.29, 1.82) is 0 Å². The number of carbonyl (C=O) groups excluding carboxylic acids is 2. The summed E-state index contributed by atoms with van der Waals surface area (Å²) in [6.07, 6.45) is 0.690. The Morgan fingerprint density at radius 1 is 1.28 bits per heavy atom. The predicted molar refractivity (Wildman–Crippen MR) is 121 cm³/mol. The second-order valence-electron chi connectivity index (χ2n) is 9.19. The van der Waals surface area contributed by atoms with Gasteiger partial charge in [-0.1, -0.05) is 12.1 Å². The van der Waals surface area contributed by atoms with Gasteiger partial charge in [-0.05, 0) is 39.3 Å². The molecule has 174 valence electrons. The number of para-hydroxylation sites is 1. The van der Waals surface area contributed by atoms with Crippen molar-refractivity contribution < 1.29 is 22.7 Å². The largest absolute Gasteiger partial charge is 0.459 e. The normalized spacial score (nSPS) is 22.2. The molecule has 9 nitrogen and oxygen atoms in total. The van der Waals surface area contributed by atoms with E-state index in [1.165, 1.54) is 11.4 Å². The fourth-order valence-corrected chi connectivity index (χ4v) is 6.82. The van der Waals surface area contributed by atoms with E-state index in [2.05, 4.69) is 4.98 Å². The van der Waals surface area contributed by atoms with Gasteiger partial charge >= 0.3 is 5.97 Å². The zero-order valence-corrected chi connectivity index (χ0v) is 20.3. The summed E-state index contributed by atoms with van der Waals surface area (Å²) in [7, 11) is -2.55. The molecule has 0 aliphatic carbocycles. The van der Waals surface area contributed by atoms with Crippen LogP contribution >= 0.6 is 11.3 Å². The molecule has 2 aliphatic rings. The van der Waals surface area contributed by atoms with Crippen molar-refractivity contribution in [2.45, 2.75) is 57.8 Å². The van der Waals surface area contributed by atoms with Crippen molar-refractivity contribution in [1.82, 2.24) is 18.5 Å². The smallest absolute Gasteiger partial charge is 0.321 e. The van der Waals surface area contributed by atoms with Crippen LogP contribution in [0, 0.1) is 0 Å². The summed E-state index contributed by atoms with van der Waals surface area (Å²) < 4.78 is 35.0. The highest BCUT2D eigenvalue weighted by Crippen LogP contribution is 2.36. The lowest BCUT2D eigenvalue weighted by atomic mass is 10.1. The number of likely N-dealkylation sites (N-methyl/N-ethyl adjacent to an activating group) is 1. The van der Waals surface area contributed by atoms with E-state index in [1.54, 1.807) is 37.0 Å². The lowest BCUT2D eigenvalue weighted by Crippen LogP contribution is -2.48. The highest BCUT2D eigenvalue weighted by atomic mass is 32.2. The van der Waals surface area contributed by atoms with E-state index in [4.69, 9.17) is 4.74 Å². The van der Waals surface area contributed by atoms with Gasteiger partial charge < -0.3 is 9.64 Å². The van der Waals surface area contributed by atoms with Crippen molar-refractivity contribution in [2.75, 3.05) is 20.1 Å². The van der Waals surface area contributed by atoms with Crippen LogP contribution in [0.3, 0.4) is 0 Å². The van der Waals surface area contributed by atoms with Crippen molar-refractivity contribution >= 4 is 43.6 Å². The first kappa shape index (κ1) is 23.1. The molecule has 0 N–H and O–H groups in total. The van der Waals surface area contributed by atoms with E-state index in [-0.39, 0.29) is 24.9 Å². The quantitative estimate of drug-likeness (QED) is 0.586. The zero-order chi connectivity index (χ0) is 23.3. The van der Waals surface area contributed by atoms with E-state index in [9.17, 15) is 18.0 Å². The maximum absolute atomic E-state index is 13.2. The van der Waals surface area contributed by atoms with Gasteiger partial charge in [0.15, 0.2) is 0 Å². The van der Waals surface area contributed by atoms with Crippen LogP contribution in [0.2, 0.25) is 0 Å². The third kappa shape index (κ3) is 4.52. The maximum atomic E-state index is 13.2. The average Bonchev–Trinajstić information content (AvgIpc) is 3.34. The molecule has 2 aromatic rings. The van der Waals surface area contributed by atoms with Crippen molar-refractivity contribution in [3.05, 3.63) is 29.3 Å². The molecule has 2 atom stereocenters. The van der Waals surface area contributed by atoms with Crippen molar-refractivity contribution in [2.24, 2.45) is 0 Å². The minimum Gasteiger partial charge on any atom is -0.459 e. The number of amides is 1. The molecule has 11 heteroatoms. The third-order valence-electron chi connectivity index (χ3n) is 5.67. The van der Waals surface area contributed by atoms with Crippen LogP contribution in [0.15, 0.2) is 24.3 Å². The molecular weight excluding hydrogens is 452 g/mol. The Hall–Kier alpha value is -2.08. The molecule has 2 fully saturated rings. The molecule has 2 saturated heterocycles. The molecule has 0 saturated carbocycles. The van der Waals surface area contributed by atoms with Crippen LogP contribution in [-0.2, 0) is 31.1 Å². The van der Waals surface area contributed by atoms with E-state index >= 15 is 0 Å². The number of hydrogen-bond acceptors (Lipinski definition) is 7. The molecule has 0 radical (unpaired) electrons. The van der Waals surface area contributed by atoms with Crippen LogP contribution < -0.4 is 0 Å². The monoisotopic (exact) mass is 480 g/mol. The number of rotatable bonds is 6. The lowest BCUT2D eigenvalue weighted by Gasteiger charge is -2.28. The predicted octanol–water partition coefficient (Wildman–Crippen LogP) is 1.99. The number of aromatic nitrogens is 1. The van der Waals surface area contributed by atoms with Gasteiger partial charge in [0.05, 0.1) is 28.8 Å². The number of likely N-dealkylation sites (tertiary alicyclic amines) is 1. The van der Waals surface area contributed by atoms with Crippen LogP contribution in [0.4, 0.5) is 0 Å². The molecule has 1 amide bonds. The minimum atomic E-state index is -3.91.